The van der Waals surface area contributed by atoms with E-state index in [1.807, 2.05) is 0 Å². The van der Waals surface area contributed by atoms with Crippen LogP contribution in [0.5, 0.6) is 0 Å². The number of aliphatic hydroxyl groups excluding tert-OH is 1. The van der Waals surface area contributed by atoms with Crippen LogP contribution >= 0.6 is 0 Å². The van der Waals surface area contributed by atoms with Crippen molar-refractivity contribution >= 4 is 5.78 Å². The minimum atomic E-state index is -0.461. The topological polar surface area (TPSA) is 80.9 Å². The van der Waals surface area contributed by atoms with E-state index in [0.29, 0.717) is 23.7 Å². The summed E-state index contributed by atoms with van der Waals surface area (Å²) in [5.74, 6) is 9.25. The molecule has 0 bridgehead atoms. The molecule has 0 saturated heterocycles. The van der Waals surface area contributed by atoms with Gasteiger partial charge in [0.1, 0.15) is 12.6 Å². The number of Topliss-reactive ketones (excluding diaryl/α,β-unsaturated/α-hetero) is 1. The number of nitrogens with zero attached hydrogens (tertiary/aromatic N) is 4. The van der Waals surface area contributed by atoms with Crippen molar-refractivity contribution in [3.63, 3.8) is 0 Å². The van der Waals surface area contributed by atoms with Crippen molar-refractivity contribution in [2.45, 2.75) is 104 Å². The molecule has 176 valence electrons. The van der Waals surface area contributed by atoms with Gasteiger partial charge in [-0.2, -0.15) is 4.80 Å². The molecule has 0 spiro atoms. The number of unbranched alkanes of at least 4 members (excludes halogenated alkanes) is 1. The van der Waals surface area contributed by atoms with Crippen LogP contribution in [0.4, 0.5) is 0 Å². The normalized spacial score (nSPS) is 32.7. The van der Waals surface area contributed by atoms with Crippen LogP contribution in [0.1, 0.15) is 90.9 Å². The summed E-state index contributed by atoms with van der Waals surface area (Å²) in [6.07, 6.45) is 14.7. The number of rotatable bonds is 10. The van der Waals surface area contributed by atoms with Crippen molar-refractivity contribution in [2.24, 2.45) is 35.0 Å². The zero-order valence-electron chi connectivity index (χ0n) is 19.9. The largest absolute Gasteiger partial charge is 0.380 e. The van der Waals surface area contributed by atoms with E-state index in [1.54, 1.807) is 0 Å². The van der Waals surface area contributed by atoms with Crippen LogP contribution in [0, 0.1) is 46.8 Å². The molecule has 3 aliphatic rings. The van der Waals surface area contributed by atoms with Crippen LogP contribution in [0.15, 0.2) is 6.33 Å². The maximum Gasteiger partial charge on any atom is 0.162 e. The second kappa shape index (κ2) is 10.5. The van der Waals surface area contributed by atoms with Gasteiger partial charge in [0, 0.05) is 11.8 Å². The SMILES string of the molecule is CCCCC1C(CCCC(O)C#CC2CC2)CCC2(C)C(C(=O)Cn3ncnn3)CCC12. The van der Waals surface area contributed by atoms with Gasteiger partial charge in [-0.15, -0.1) is 10.2 Å². The Morgan fingerprint density at radius 2 is 2.06 bits per heavy atom. The van der Waals surface area contributed by atoms with E-state index in [-0.39, 0.29) is 23.7 Å². The third-order valence-corrected chi connectivity index (χ3v) is 8.64. The van der Waals surface area contributed by atoms with Crippen molar-refractivity contribution in [1.82, 2.24) is 20.2 Å². The number of hydrogen-bond acceptors (Lipinski definition) is 5. The number of hydrogen-bond donors (Lipinski definition) is 1. The summed E-state index contributed by atoms with van der Waals surface area (Å²) in [6, 6.07) is 0. The van der Waals surface area contributed by atoms with E-state index >= 15 is 0 Å². The van der Waals surface area contributed by atoms with Crippen LogP contribution in [0.3, 0.4) is 0 Å². The first kappa shape index (κ1) is 23.4. The smallest absolute Gasteiger partial charge is 0.162 e. The number of tetrazole rings is 1. The van der Waals surface area contributed by atoms with Gasteiger partial charge in [0.2, 0.25) is 0 Å². The molecular formula is C26H40N4O2. The second-order valence-corrected chi connectivity index (χ2v) is 10.8. The van der Waals surface area contributed by atoms with E-state index in [1.165, 1.54) is 56.1 Å². The summed E-state index contributed by atoms with van der Waals surface area (Å²) in [5.41, 5.74) is 0.0990. The Morgan fingerprint density at radius 1 is 1.22 bits per heavy atom. The van der Waals surface area contributed by atoms with Gasteiger partial charge in [0.05, 0.1) is 0 Å². The van der Waals surface area contributed by atoms with Gasteiger partial charge < -0.3 is 5.11 Å². The molecule has 6 nitrogen and oxygen atoms in total. The first-order chi connectivity index (χ1) is 15.5. The van der Waals surface area contributed by atoms with Crippen LogP contribution in [0.2, 0.25) is 0 Å². The Balaban J connectivity index is 1.37. The van der Waals surface area contributed by atoms with Crippen LogP contribution in [0.25, 0.3) is 0 Å². The van der Waals surface area contributed by atoms with Crippen molar-refractivity contribution in [3.05, 3.63) is 6.33 Å². The summed E-state index contributed by atoms with van der Waals surface area (Å²) in [7, 11) is 0. The fourth-order valence-corrected chi connectivity index (χ4v) is 6.73. The highest BCUT2D eigenvalue weighted by Gasteiger charge is 2.55. The van der Waals surface area contributed by atoms with Gasteiger partial charge in [-0.05, 0) is 86.2 Å². The lowest BCUT2D eigenvalue weighted by Gasteiger charge is -2.49. The monoisotopic (exact) mass is 440 g/mol. The molecule has 3 saturated carbocycles. The lowest BCUT2D eigenvalue weighted by atomic mass is 9.56. The third-order valence-electron chi connectivity index (χ3n) is 8.64. The van der Waals surface area contributed by atoms with Gasteiger partial charge in [-0.3, -0.25) is 4.79 Å². The Kier molecular flexibility index (Phi) is 7.66. The number of aromatic nitrogens is 4. The van der Waals surface area contributed by atoms with Gasteiger partial charge in [-0.25, -0.2) is 0 Å². The molecule has 1 heterocycles. The molecule has 6 heteroatoms. The van der Waals surface area contributed by atoms with Gasteiger partial charge in [0.15, 0.2) is 12.1 Å². The first-order valence-electron chi connectivity index (χ1n) is 12.9. The standard InChI is InChI=1S/C26H40N4O2/c1-3-4-8-22-20(6-5-7-21(31)12-11-19-9-10-19)15-16-26(2)23(22)13-14-24(26)25(32)17-30-28-18-27-29-30/h18-24,31H,3-10,13-17H2,1-2H3. The third kappa shape index (κ3) is 5.42. The summed E-state index contributed by atoms with van der Waals surface area (Å²) in [5, 5.41) is 21.9. The molecule has 0 radical (unpaired) electrons. The number of carbonyl (C=O) groups excluding carboxylic acids is 1. The Hall–Kier alpha value is -1.74. The molecule has 6 atom stereocenters. The summed E-state index contributed by atoms with van der Waals surface area (Å²) < 4.78 is 0. The predicted molar refractivity (Wildman–Crippen MR) is 123 cm³/mol. The lowest BCUT2D eigenvalue weighted by Crippen LogP contribution is -2.44. The Morgan fingerprint density at radius 3 is 2.78 bits per heavy atom. The molecular weight excluding hydrogens is 400 g/mol. The fraction of sp³-hybridized carbons (Fsp3) is 0.846. The number of ketones is 1. The van der Waals surface area contributed by atoms with Crippen molar-refractivity contribution in [2.75, 3.05) is 0 Å². The number of fused-ring (bicyclic) bond motifs is 1. The van der Waals surface area contributed by atoms with Crippen molar-refractivity contribution in [1.29, 1.82) is 0 Å². The van der Waals surface area contributed by atoms with E-state index in [9.17, 15) is 9.90 Å². The molecule has 1 N–H and O–H groups in total. The summed E-state index contributed by atoms with van der Waals surface area (Å²) >= 11 is 0. The Labute approximate surface area is 192 Å². The van der Waals surface area contributed by atoms with Gasteiger partial charge in [0.25, 0.3) is 0 Å². The van der Waals surface area contributed by atoms with Crippen LogP contribution in [-0.4, -0.2) is 37.2 Å². The maximum atomic E-state index is 13.2. The minimum Gasteiger partial charge on any atom is -0.380 e. The average Bonchev–Trinajstić information content (AvgIpc) is 3.34. The quantitative estimate of drug-likeness (QED) is 0.544. The maximum absolute atomic E-state index is 13.2. The lowest BCUT2D eigenvalue weighted by molar-refractivity contribution is -0.129. The molecule has 4 rings (SSSR count). The molecule has 0 aromatic carbocycles. The molecule has 6 unspecified atom stereocenters. The van der Waals surface area contributed by atoms with E-state index in [0.717, 1.165) is 32.1 Å². The zero-order valence-corrected chi connectivity index (χ0v) is 19.9. The molecule has 0 amide bonds. The van der Waals surface area contributed by atoms with Crippen LogP contribution in [-0.2, 0) is 11.3 Å². The van der Waals surface area contributed by atoms with Crippen molar-refractivity contribution in [3.8, 4) is 11.8 Å². The minimum absolute atomic E-state index is 0.0990. The summed E-state index contributed by atoms with van der Waals surface area (Å²) in [4.78, 5) is 14.6. The number of carbonyl (C=O) groups is 1. The molecule has 1 aromatic heterocycles. The van der Waals surface area contributed by atoms with E-state index in [4.69, 9.17) is 0 Å². The zero-order chi connectivity index (χ0) is 22.6. The van der Waals surface area contributed by atoms with Gasteiger partial charge >= 0.3 is 0 Å². The highest BCUT2D eigenvalue weighted by molar-refractivity contribution is 5.81. The van der Waals surface area contributed by atoms with Crippen LogP contribution < -0.4 is 0 Å². The molecule has 32 heavy (non-hydrogen) atoms. The molecule has 3 fully saturated rings. The van der Waals surface area contributed by atoms with Crippen molar-refractivity contribution < 1.29 is 9.90 Å². The summed E-state index contributed by atoms with van der Waals surface area (Å²) in [6.45, 7) is 4.90. The fourth-order valence-electron chi connectivity index (χ4n) is 6.73. The second-order valence-electron chi connectivity index (χ2n) is 10.8. The highest BCUT2D eigenvalue weighted by Crippen LogP contribution is 2.60. The molecule has 3 aliphatic carbocycles. The Bertz CT molecular complexity index is 810. The van der Waals surface area contributed by atoms with E-state index < -0.39 is 6.10 Å². The van der Waals surface area contributed by atoms with E-state index in [2.05, 4.69) is 41.1 Å². The number of aliphatic hydroxyl groups is 1. The van der Waals surface area contributed by atoms with Gasteiger partial charge in [-0.1, -0.05) is 45.0 Å². The predicted octanol–water partition coefficient (Wildman–Crippen LogP) is 4.44. The molecule has 0 aliphatic heterocycles. The average molecular weight is 441 g/mol. The first-order valence-corrected chi connectivity index (χ1v) is 12.9. The molecule has 1 aromatic rings. The highest BCUT2D eigenvalue weighted by atomic mass is 16.3.